The van der Waals surface area contributed by atoms with E-state index in [0.29, 0.717) is 0 Å². The summed E-state index contributed by atoms with van der Waals surface area (Å²) >= 11 is 0. The SMILES string of the molecule is N#CCCN(C(=O)Cn1cnc([N+](=O)[O-])c1)c1ccccc1F. The van der Waals surface area contributed by atoms with E-state index in [2.05, 4.69) is 4.98 Å². The Morgan fingerprint density at radius 1 is 1.48 bits per heavy atom. The van der Waals surface area contributed by atoms with Gasteiger partial charge in [0.1, 0.15) is 18.6 Å². The minimum Gasteiger partial charge on any atom is -0.358 e. The number of amides is 1. The van der Waals surface area contributed by atoms with Crippen molar-refractivity contribution in [1.29, 1.82) is 5.26 Å². The Labute approximate surface area is 130 Å². The Kier molecular flexibility index (Phi) is 4.99. The van der Waals surface area contributed by atoms with Gasteiger partial charge in [0.25, 0.3) is 0 Å². The molecule has 1 aromatic carbocycles. The fourth-order valence-corrected chi connectivity index (χ4v) is 1.98. The van der Waals surface area contributed by atoms with Gasteiger partial charge < -0.3 is 19.6 Å². The summed E-state index contributed by atoms with van der Waals surface area (Å²) in [6.45, 7) is -0.229. The standard InChI is InChI=1S/C14H12FN5O3/c15-11-4-1-2-5-12(11)19(7-3-6-16)14(21)9-18-8-13(17-10-18)20(22)23/h1-2,4-5,8,10H,3,7,9H2. The van der Waals surface area contributed by atoms with Crippen LogP contribution in [0.25, 0.3) is 0 Å². The van der Waals surface area contributed by atoms with Crippen molar-refractivity contribution in [3.8, 4) is 6.07 Å². The van der Waals surface area contributed by atoms with E-state index < -0.39 is 16.6 Å². The van der Waals surface area contributed by atoms with Gasteiger partial charge in [0.05, 0.1) is 18.2 Å². The molecule has 0 saturated carbocycles. The molecule has 2 aromatic rings. The summed E-state index contributed by atoms with van der Waals surface area (Å²) in [5.41, 5.74) is 0.0577. The van der Waals surface area contributed by atoms with Crippen LogP contribution in [0.3, 0.4) is 0 Å². The van der Waals surface area contributed by atoms with Crippen molar-refractivity contribution in [2.45, 2.75) is 13.0 Å². The van der Waals surface area contributed by atoms with E-state index in [4.69, 9.17) is 5.26 Å². The molecule has 0 saturated heterocycles. The van der Waals surface area contributed by atoms with Gasteiger partial charge in [0, 0.05) is 6.54 Å². The molecule has 118 valence electrons. The Bertz CT molecular complexity index is 768. The van der Waals surface area contributed by atoms with Gasteiger partial charge in [-0.1, -0.05) is 12.1 Å². The minimum absolute atomic E-state index is 0.0209. The molecular weight excluding hydrogens is 305 g/mol. The highest BCUT2D eigenvalue weighted by molar-refractivity contribution is 5.93. The van der Waals surface area contributed by atoms with Crippen molar-refractivity contribution < 1.29 is 14.1 Å². The zero-order chi connectivity index (χ0) is 16.8. The summed E-state index contributed by atoms with van der Waals surface area (Å²) < 4.78 is 15.1. The number of nitro groups is 1. The molecule has 1 amide bonds. The number of aromatic nitrogens is 2. The van der Waals surface area contributed by atoms with Crippen molar-refractivity contribution in [1.82, 2.24) is 9.55 Å². The highest BCUT2D eigenvalue weighted by Crippen LogP contribution is 2.19. The lowest BCUT2D eigenvalue weighted by atomic mass is 10.2. The number of hydrogen-bond donors (Lipinski definition) is 0. The molecule has 1 heterocycles. The van der Waals surface area contributed by atoms with Gasteiger partial charge >= 0.3 is 5.82 Å². The van der Waals surface area contributed by atoms with Crippen LogP contribution in [-0.2, 0) is 11.3 Å². The first-order chi connectivity index (χ1) is 11.0. The first-order valence-corrected chi connectivity index (χ1v) is 6.61. The number of carbonyl (C=O) groups excluding carboxylic acids is 1. The lowest BCUT2D eigenvalue weighted by Crippen LogP contribution is -2.35. The highest BCUT2D eigenvalue weighted by Gasteiger charge is 2.20. The Balaban J connectivity index is 2.21. The van der Waals surface area contributed by atoms with Crippen molar-refractivity contribution in [2.24, 2.45) is 0 Å². The van der Waals surface area contributed by atoms with Gasteiger partial charge in [-0.2, -0.15) is 5.26 Å². The number of carbonyl (C=O) groups is 1. The van der Waals surface area contributed by atoms with Crippen molar-refractivity contribution >= 4 is 17.4 Å². The number of halogens is 1. The lowest BCUT2D eigenvalue weighted by Gasteiger charge is -2.22. The first-order valence-electron chi connectivity index (χ1n) is 6.61. The van der Waals surface area contributed by atoms with E-state index in [-0.39, 0.29) is 31.0 Å². The molecule has 0 fully saturated rings. The number of para-hydroxylation sites is 1. The van der Waals surface area contributed by atoms with Gasteiger partial charge in [0.2, 0.25) is 12.2 Å². The molecule has 0 spiro atoms. The van der Waals surface area contributed by atoms with E-state index in [1.807, 2.05) is 6.07 Å². The van der Waals surface area contributed by atoms with Crippen LogP contribution in [0.15, 0.2) is 36.8 Å². The number of imidazole rings is 1. The summed E-state index contributed by atoms with van der Waals surface area (Å²) in [4.78, 5) is 27.0. The maximum atomic E-state index is 13.9. The Morgan fingerprint density at radius 3 is 2.83 bits per heavy atom. The zero-order valence-corrected chi connectivity index (χ0v) is 11.9. The third-order valence-corrected chi connectivity index (χ3v) is 3.02. The predicted octanol–water partition coefficient (Wildman–Crippen LogP) is 1.88. The second-order valence-electron chi connectivity index (χ2n) is 4.57. The molecule has 8 nitrogen and oxygen atoms in total. The molecule has 0 radical (unpaired) electrons. The van der Waals surface area contributed by atoms with Gasteiger partial charge in [0.15, 0.2) is 0 Å². The average Bonchev–Trinajstić information content (AvgIpc) is 2.98. The predicted molar refractivity (Wildman–Crippen MR) is 77.9 cm³/mol. The third kappa shape index (κ3) is 3.88. The molecule has 0 aliphatic heterocycles. The van der Waals surface area contributed by atoms with Crippen molar-refractivity contribution in [3.05, 3.63) is 52.7 Å². The number of benzene rings is 1. The number of rotatable bonds is 6. The maximum absolute atomic E-state index is 13.9. The molecule has 9 heteroatoms. The van der Waals surface area contributed by atoms with Crippen LogP contribution in [0.5, 0.6) is 0 Å². The molecule has 0 atom stereocenters. The normalized spacial score (nSPS) is 10.1. The van der Waals surface area contributed by atoms with E-state index >= 15 is 0 Å². The van der Waals surface area contributed by atoms with Gasteiger partial charge in [-0.25, -0.2) is 4.39 Å². The molecule has 0 N–H and O–H groups in total. The molecule has 0 unspecified atom stereocenters. The third-order valence-electron chi connectivity index (χ3n) is 3.02. The molecule has 0 aliphatic rings. The van der Waals surface area contributed by atoms with Gasteiger partial charge in [-0.05, 0) is 22.0 Å². The number of nitriles is 1. The summed E-state index contributed by atoms with van der Waals surface area (Å²) in [6, 6.07) is 7.61. The number of nitrogens with zero attached hydrogens (tertiary/aromatic N) is 5. The van der Waals surface area contributed by atoms with E-state index in [0.717, 1.165) is 17.4 Å². The summed E-state index contributed by atoms with van der Waals surface area (Å²) in [5, 5.41) is 19.3. The molecule has 0 aliphatic carbocycles. The lowest BCUT2D eigenvalue weighted by molar-refractivity contribution is -0.389. The van der Waals surface area contributed by atoms with Crippen LogP contribution >= 0.6 is 0 Å². The van der Waals surface area contributed by atoms with Crippen molar-refractivity contribution in [2.75, 3.05) is 11.4 Å². The van der Waals surface area contributed by atoms with E-state index in [1.165, 1.54) is 22.8 Å². The summed E-state index contributed by atoms with van der Waals surface area (Å²) in [6.07, 6.45) is 2.30. The quantitative estimate of drug-likeness (QED) is 0.597. The van der Waals surface area contributed by atoms with Crippen LogP contribution in [-0.4, -0.2) is 26.9 Å². The second-order valence-corrected chi connectivity index (χ2v) is 4.57. The van der Waals surface area contributed by atoms with Crippen LogP contribution in [0.4, 0.5) is 15.9 Å². The fourth-order valence-electron chi connectivity index (χ4n) is 1.98. The van der Waals surface area contributed by atoms with Gasteiger partial charge in [-0.15, -0.1) is 0 Å². The second kappa shape index (κ2) is 7.13. The summed E-state index contributed by atoms with van der Waals surface area (Å²) in [5.74, 6) is -1.47. The van der Waals surface area contributed by atoms with Crippen LogP contribution in [0.2, 0.25) is 0 Å². The highest BCUT2D eigenvalue weighted by atomic mass is 19.1. The van der Waals surface area contributed by atoms with E-state index in [9.17, 15) is 19.3 Å². The average molecular weight is 317 g/mol. The largest absolute Gasteiger partial charge is 0.381 e. The molecule has 1 aromatic heterocycles. The Hall–Kier alpha value is -3.28. The molecule has 23 heavy (non-hydrogen) atoms. The first kappa shape index (κ1) is 16.1. The maximum Gasteiger partial charge on any atom is 0.381 e. The summed E-state index contributed by atoms with van der Waals surface area (Å²) in [7, 11) is 0. The monoisotopic (exact) mass is 317 g/mol. The minimum atomic E-state index is -0.675. The van der Waals surface area contributed by atoms with Gasteiger partial charge in [-0.3, -0.25) is 4.79 Å². The fraction of sp³-hybridized carbons (Fsp3) is 0.214. The number of anilines is 1. The van der Waals surface area contributed by atoms with Crippen LogP contribution < -0.4 is 4.90 Å². The van der Waals surface area contributed by atoms with Crippen LogP contribution in [0, 0.1) is 27.3 Å². The molecular formula is C14H12FN5O3. The smallest absolute Gasteiger partial charge is 0.358 e. The Morgan fingerprint density at radius 2 is 2.22 bits per heavy atom. The van der Waals surface area contributed by atoms with E-state index in [1.54, 1.807) is 6.07 Å². The number of hydrogen-bond acceptors (Lipinski definition) is 5. The molecule has 2 rings (SSSR count). The molecule has 0 bridgehead atoms. The zero-order valence-electron chi connectivity index (χ0n) is 11.9. The van der Waals surface area contributed by atoms with Crippen molar-refractivity contribution in [3.63, 3.8) is 0 Å². The van der Waals surface area contributed by atoms with Crippen LogP contribution in [0.1, 0.15) is 6.42 Å². The topological polar surface area (TPSA) is 105 Å².